The maximum Gasteiger partial charge on any atom is 0.160 e. The number of aromatic hydroxyl groups is 6. The zero-order valence-corrected chi connectivity index (χ0v) is 22.6. The van der Waals surface area contributed by atoms with E-state index >= 15 is 0 Å². The van der Waals surface area contributed by atoms with Crippen LogP contribution < -0.4 is 9.47 Å². The van der Waals surface area contributed by atoms with E-state index in [2.05, 4.69) is 0 Å². The van der Waals surface area contributed by atoms with Crippen LogP contribution in [0.3, 0.4) is 0 Å². The van der Waals surface area contributed by atoms with E-state index < -0.39 is 11.8 Å². The number of hydrogen-bond donors (Lipinski definition) is 6. The Balaban J connectivity index is 1.89. The molecule has 4 rings (SSSR count). The number of rotatable bonds is 8. The number of methoxy groups -OCH3 is 2. The molecule has 40 heavy (non-hydrogen) atoms. The minimum absolute atomic E-state index is 0.0174. The van der Waals surface area contributed by atoms with Crippen LogP contribution in [-0.2, 0) is 0 Å². The van der Waals surface area contributed by atoms with Gasteiger partial charge in [-0.2, -0.15) is 0 Å². The van der Waals surface area contributed by atoms with Gasteiger partial charge in [-0.25, -0.2) is 0 Å². The van der Waals surface area contributed by atoms with E-state index in [1.54, 1.807) is 48.6 Å². The van der Waals surface area contributed by atoms with Crippen LogP contribution in [0.25, 0.3) is 12.2 Å². The van der Waals surface area contributed by atoms with E-state index in [0.29, 0.717) is 27.8 Å². The Kier molecular flexibility index (Phi) is 8.00. The van der Waals surface area contributed by atoms with Crippen LogP contribution in [-0.4, -0.2) is 44.9 Å². The maximum atomic E-state index is 11.7. The molecule has 0 amide bonds. The number of benzene rings is 4. The standard InChI is InChI=1S/C32H32O8/c1-17(20-8-11-24(34)28(15-20)39-3)30-22(7-5-19-6-10-23(33)26(36)13-19)14-27(37)31(32(30)38)18(2)21-9-12-25(35)29(16-21)40-4/h5-18,33-38H,1-4H3. The van der Waals surface area contributed by atoms with Crippen LogP contribution in [0.15, 0.2) is 60.7 Å². The highest BCUT2D eigenvalue weighted by molar-refractivity contribution is 5.76. The van der Waals surface area contributed by atoms with Gasteiger partial charge in [-0.05, 0) is 64.7 Å². The third-order valence-electron chi connectivity index (χ3n) is 7.12. The van der Waals surface area contributed by atoms with E-state index in [4.69, 9.17) is 9.47 Å². The highest BCUT2D eigenvalue weighted by Crippen LogP contribution is 2.47. The number of phenolic OH excluding ortho intramolecular Hbond substituents is 6. The lowest BCUT2D eigenvalue weighted by Gasteiger charge is -2.24. The van der Waals surface area contributed by atoms with Crippen molar-refractivity contribution in [2.24, 2.45) is 0 Å². The summed E-state index contributed by atoms with van der Waals surface area (Å²) in [4.78, 5) is 0. The highest BCUT2D eigenvalue weighted by Gasteiger charge is 2.26. The lowest BCUT2D eigenvalue weighted by Crippen LogP contribution is -2.05. The first kappa shape index (κ1) is 28.0. The van der Waals surface area contributed by atoms with Gasteiger partial charge in [-0.3, -0.25) is 0 Å². The zero-order valence-electron chi connectivity index (χ0n) is 22.6. The maximum absolute atomic E-state index is 11.7. The largest absolute Gasteiger partial charge is 0.507 e. The smallest absolute Gasteiger partial charge is 0.160 e. The monoisotopic (exact) mass is 544 g/mol. The van der Waals surface area contributed by atoms with Gasteiger partial charge < -0.3 is 40.1 Å². The molecule has 0 spiro atoms. The molecular weight excluding hydrogens is 512 g/mol. The zero-order chi connectivity index (χ0) is 29.1. The molecule has 4 aromatic carbocycles. The van der Waals surface area contributed by atoms with Crippen LogP contribution in [0.5, 0.6) is 46.0 Å². The molecule has 0 bridgehead atoms. The molecule has 0 aliphatic carbocycles. The summed E-state index contributed by atoms with van der Waals surface area (Å²) in [6.07, 6.45) is 3.39. The third-order valence-corrected chi connectivity index (χ3v) is 7.12. The Hall–Kier alpha value is -4.98. The van der Waals surface area contributed by atoms with Crippen molar-refractivity contribution in [2.75, 3.05) is 14.2 Å². The van der Waals surface area contributed by atoms with Gasteiger partial charge in [0.15, 0.2) is 34.5 Å². The van der Waals surface area contributed by atoms with Crippen LogP contribution in [0.4, 0.5) is 0 Å². The predicted octanol–water partition coefficient (Wildman–Crippen LogP) is 6.41. The summed E-state index contributed by atoms with van der Waals surface area (Å²) in [5, 5.41) is 62.6. The molecule has 6 N–H and O–H groups in total. The first-order chi connectivity index (χ1) is 19.0. The van der Waals surface area contributed by atoms with E-state index in [-0.39, 0.29) is 46.0 Å². The van der Waals surface area contributed by atoms with Crippen molar-refractivity contribution in [3.05, 3.63) is 94.0 Å². The molecule has 0 heterocycles. The second-order valence-electron chi connectivity index (χ2n) is 9.55. The molecule has 0 aliphatic heterocycles. The quantitative estimate of drug-likeness (QED) is 0.110. The molecule has 0 fully saturated rings. The van der Waals surface area contributed by atoms with E-state index in [1.807, 2.05) is 13.8 Å². The fraction of sp³-hybridized carbons (Fsp3) is 0.188. The minimum Gasteiger partial charge on any atom is -0.507 e. The summed E-state index contributed by atoms with van der Waals surface area (Å²) in [6, 6.07) is 15.7. The van der Waals surface area contributed by atoms with Gasteiger partial charge in [0, 0.05) is 23.0 Å². The molecule has 0 radical (unpaired) electrons. The van der Waals surface area contributed by atoms with Gasteiger partial charge in [0.05, 0.1) is 14.2 Å². The van der Waals surface area contributed by atoms with Gasteiger partial charge in [-0.1, -0.05) is 44.2 Å². The van der Waals surface area contributed by atoms with Crippen LogP contribution in [0.2, 0.25) is 0 Å². The van der Waals surface area contributed by atoms with Gasteiger partial charge in [0.2, 0.25) is 0 Å². The highest BCUT2D eigenvalue weighted by atomic mass is 16.5. The number of ether oxygens (including phenoxy) is 2. The third kappa shape index (κ3) is 5.42. The molecule has 0 saturated heterocycles. The summed E-state index contributed by atoms with van der Waals surface area (Å²) in [5.74, 6) is -1.16. The van der Waals surface area contributed by atoms with E-state index in [9.17, 15) is 30.6 Å². The normalized spacial score (nSPS) is 12.8. The molecule has 0 aliphatic rings. The van der Waals surface area contributed by atoms with Gasteiger partial charge >= 0.3 is 0 Å². The first-order valence-electron chi connectivity index (χ1n) is 12.6. The summed E-state index contributed by atoms with van der Waals surface area (Å²) in [6.45, 7) is 3.72. The first-order valence-corrected chi connectivity index (χ1v) is 12.6. The fourth-order valence-electron chi connectivity index (χ4n) is 4.82. The molecule has 0 aromatic heterocycles. The van der Waals surface area contributed by atoms with E-state index in [0.717, 1.165) is 5.56 Å². The summed E-state index contributed by atoms with van der Waals surface area (Å²) in [5.41, 5.74) is 3.36. The van der Waals surface area contributed by atoms with Crippen molar-refractivity contribution in [3.63, 3.8) is 0 Å². The molecule has 0 saturated carbocycles. The van der Waals surface area contributed by atoms with E-state index in [1.165, 1.54) is 38.5 Å². The van der Waals surface area contributed by atoms with Crippen molar-refractivity contribution >= 4 is 12.2 Å². The molecular formula is C32H32O8. The van der Waals surface area contributed by atoms with Crippen molar-refractivity contribution < 1.29 is 40.1 Å². The SMILES string of the molecule is COc1cc(C(C)c2c(O)cc(C=Cc3ccc(O)c(O)c3)c(C(C)c3ccc(O)c(OC)c3)c2O)ccc1O. The topological polar surface area (TPSA) is 140 Å². The summed E-state index contributed by atoms with van der Waals surface area (Å²) in [7, 11) is 2.90. The molecule has 208 valence electrons. The Morgan fingerprint density at radius 2 is 1.07 bits per heavy atom. The molecule has 8 heteroatoms. The Morgan fingerprint density at radius 1 is 0.550 bits per heavy atom. The Bertz CT molecular complexity index is 1570. The van der Waals surface area contributed by atoms with Crippen LogP contribution >= 0.6 is 0 Å². The number of phenols is 6. The lowest BCUT2D eigenvalue weighted by atomic mass is 9.82. The van der Waals surface area contributed by atoms with Crippen LogP contribution in [0.1, 0.15) is 59.1 Å². The average Bonchev–Trinajstić information content (AvgIpc) is 2.93. The second-order valence-corrected chi connectivity index (χ2v) is 9.55. The summed E-state index contributed by atoms with van der Waals surface area (Å²) >= 11 is 0. The second kappa shape index (κ2) is 11.4. The van der Waals surface area contributed by atoms with Crippen molar-refractivity contribution in [1.29, 1.82) is 0 Å². The van der Waals surface area contributed by atoms with Crippen molar-refractivity contribution in [3.8, 4) is 46.0 Å². The summed E-state index contributed by atoms with van der Waals surface area (Å²) < 4.78 is 10.5. The van der Waals surface area contributed by atoms with Crippen molar-refractivity contribution in [2.45, 2.75) is 25.7 Å². The molecule has 8 nitrogen and oxygen atoms in total. The van der Waals surface area contributed by atoms with Gasteiger partial charge in [0.25, 0.3) is 0 Å². The minimum atomic E-state index is -0.484. The van der Waals surface area contributed by atoms with Gasteiger partial charge in [-0.15, -0.1) is 0 Å². The fourth-order valence-corrected chi connectivity index (χ4v) is 4.82. The molecule has 2 unspecified atom stereocenters. The van der Waals surface area contributed by atoms with Crippen molar-refractivity contribution in [1.82, 2.24) is 0 Å². The Morgan fingerprint density at radius 3 is 1.60 bits per heavy atom. The average molecular weight is 545 g/mol. The Labute approximate surface area is 232 Å². The number of hydrogen-bond acceptors (Lipinski definition) is 8. The van der Waals surface area contributed by atoms with Crippen LogP contribution in [0, 0.1) is 0 Å². The molecule has 4 aromatic rings. The lowest BCUT2D eigenvalue weighted by molar-refractivity contribution is 0.372. The predicted molar refractivity (Wildman–Crippen MR) is 153 cm³/mol. The van der Waals surface area contributed by atoms with Gasteiger partial charge in [0.1, 0.15) is 11.5 Å². The molecule has 2 atom stereocenters.